The van der Waals surface area contributed by atoms with Crippen LogP contribution in [0.2, 0.25) is 0 Å². The molecular weight excluding hydrogens is 274 g/mol. The summed E-state index contributed by atoms with van der Waals surface area (Å²) < 4.78 is 10.5. The van der Waals surface area contributed by atoms with Crippen molar-refractivity contribution in [1.82, 2.24) is 16.0 Å². The number of carbonyl (C=O) groups excluding carboxylic acids is 2. The minimum absolute atomic E-state index is 0.245. The lowest BCUT2D eigenvalue weighted by molar-refractivity contribution is -0.123. The summed E-state index contributed by atoms with van der Waals surface area (Å²) in [5.74, 6) is 1.10. The number of hydrogen-bond acceptors (Lipinski definition) is 4. The fourth-order valence-corrected chi connectivity index (χ4v) is 2.18. The van der Waals surface area contributed by atoms with Gasteiger partial charge in [0, 0.05) is 12.1 Å². The number of amides is 3. The molecule has 0 bridgehead atoms. The summed E-state index contributed by atoms with van der Waals surface area (Å²) in [5, 5.41) is 7.95. The van der Waals surface area contributed by atoms with E-state index in [2.05, 4.69) is 16.0 Å². The van der Waals surface area contributed by atoms with Gasteiger partial charge < -0.3 is 25.4 Å². The Hall–Kier alpha value is -2.44. The van der Waals surface area contributed by atoms with Crippen LogP contribution in [0.5, 0.6) is 11.5 Å². The minimum Gasteiger partial charge on any atom is -0.497 e. The largest absolute Gasteiger partial charge is 0.497 e. The third-order valence-corrected chi connectivity index (χ3v) is 3.35. The average molecular weight is 293 g/mol. The topological polar surface area (TPSA) is 88.7 Å². The summed E-state index contributed by atoms with van der Waals surface area (Å²) in [6.07, 6.45) is 0. The zero-order chi connectivity index (χ0) is 15.4. The maximum absolute atomic E-state index is 12.1. The first kappa shape index (κ1) is 15.0. The van der Waals surface area contributed by atoms with Crippen molar-refractivity contribution in [1.29, 1.82) is 0 Å². The molecule has 0 unspecified atom stereocenters. The van der Waals surface area contributed by atoms with Crippen molar-refractivity contribution in [3.63, 3.8) is 0 Å². The van der Waals surface area contributed by atoms with Crippen LogP contribution >= 0.6 is 0 Å². The van der Waals surface area contributed by atoms with Crippen LogP contribution in [0, 0.1) is 0 Å². The summed E-state index contributed by atoms with van der Waals surface area (Å²) in [6.45, 7) is 2.13. The van der Waals surface area contributed by atoms with Crippen molar-refractivity contribution in [2.45, 2.75) is 19.0 Å². The van der Waals surface area contributed by atoms with E-state index in [0.717, 1.165) is 5.56 Å². The van der Waals surface area contributed by atoms with E-state index >= 15 is 0 Å². The van der Waals surface area contributed by atoms with Crippen LogP contribution in [0.15, 0.2) is 18.2 Å². The molecule has 1 heterocycles. The van der Waals surface area contributed by atoms with Gasteiger partial charge in [-0.2, -0.15) is 0 Å². The standard InChI is InChI=1S/C14H19N3O4/c1-8(16-13(18)11-7-15-14(19)17-11)10-6-9(20-2)4-5-12(10)21-3/h4-6,8,11H,7H2,1-3H3,(H,16,18)(H2,15,17,19)/t8-,11+/m1/s1. The molecule has 3 amide bonds. The van der Waals surface area contributed by atoms with Gasteiger partial charge in [0.05, 0.1) is 20.3 Å². The molecule has 0 saturated carbocycles. The Balaban J connectivity index is 2.10. The Morgan fingerprint density at radius 2 is 2.14 bits per heavy atom. The highest BCUT2D eigenvalue weighted by atomic mass is 16.5. The second kappa shape index (κ2) is 6.34. The van der Waals surface area contributed by atoms with Crippen molar-refractivity contribution in [3.05, 3.63) is 23.8 Å². The number of methoxy groups -OCH3 is 2. The number of nitrogens with one attached hydrogen (secondary N) is 3. The molecule has 0 spiro atoms. The molecule has 0 radical (unpaired) electrons. The van der Waals surface area contributed by atoms with Crippen LogP contribution in [-0.2, 0) is 4.79 Å². The fraction of sp³-hybridized carbons (Fsp3) is 0.429. The maximum atomic E-state index is 12.1. The molecule has 1 saturated heterocycles. The van der Waals surface area contributed by atoms with E-state index in [9.17, 15) is 9.59 Å². The Morgan fingerprint density at radius 3 is 2.71 bits per heavy atom. The molecule has 3 N–H and O–H groups in total. The third kappa shape index (κ3) is 3.36. The van der Waals surface area contributed by atoms with Gasteiger partial charge in [0.25, 0.3) is 0 Å². The van der Waals surface area contributed by atoms with Crippen molar-refractivity contribution < 1.29 is 19.1 Å². The van der Waals surface area contributed by atoms with E-state index in [1.807, 2.05) is 13.0 Å². The number of carbonyl (C=O) groups is 2. The fourth-order valence-electron chi connectivity index (χ4n) is 2.18. The minimum atomic E-state index is -0.559. The zero-order valence-corrected chi connectivity index (χ0v) is 12.2. The highest BCUT2D eigenvalue weighted by molar-refractivity contribution is 5.90. The molecule has 7 nitrogen and oxygen atoms in total. The van der Waals surface area contributed by atoms with Gasteiger partial charge in [-0.15, -0.1) is 0 Å². The quantitative estimate of drug-likeness (QED) is 0.740. The van der Waals surface area contributed by atoms with E-state index in [4.69, 9.17) is 9.47 Å². The number of hydrogen-bond donors (Lipinski definition) is 3. The lowest BCUT2D eigenvalue weighted by Gasteiger charge is -2.19. The van der Waals surface area contributed by atoms with Crippen LogP contribution in [0.1, 0.15) is 18.5 Å². The van der Waals surface area contributed by atoms with Gasteiger partial charge in [0.15, 0.2) is 0 Å². The molecule has 0 aliphatic carbocycles. The summed E-state index contributed by atoms with van der Waals surface area (Å²) >= 11 is 0. The first-order valence-electron chi connectivity index (χ1n) is 6.61. The molecular formula is C14H19N3O4. The Morgan fingerprint density at radius 1 is 1.38 bits per heavy atom. The molecule has 1 aliphatic rings. The molecule has 2 atom stereocenters. The lowest BCUT2D eigenvalue weighted by Crippen LogP contribution is -2.43. The van der Waals surface area contributed by atoms with Crippen LogP contribution in [-0.4, -0.2) is 38.7 Å². The number of urea groups is 1. The Labute approximate surface area is 123 Å². The molecule has 1 fully saturated rings. The molecule has 114 valence electrons. The highest BCUT2D eigenvalue weighted by Crippen LogP contribution is 2.29. The highest BCUT2D eigenvalue weighted by Gasteiger charge is 2.28. The monoisotopic (exact) mass is 293 g/mol. The third-order valence-electron chi connectivity index (χ3n) is 3.35. The van der Waals surface area contributed by atoms with Crippen molar-refractivity contribution in [2.75, 3.05) is 20.8 Å². The van der Waals surface area contributed by atoms with Gasteiger partial charge >= 0.3 is 6.03 Å². The van der Waals surface area contributed by atoms with Crippen molar-refractivity contribution in [2.24, 2.45) is 0 Å². The Kier molecular flexibility index (Phi) is 4.52. The molecule has 21 heavy (non-hydrogen) atoms. The second-order valence-corrected chi connectivity index (χ2v) is 4.75. The molecule has 0 aromatic heterocycles. The summed E-state index contributed by atoms with van der Waals surface area (Å²) in [4.78, 5) is 23.1. The number of ether oxygens (including phenoxy) is 2. The van der Waals surface area contributed by atoms with E-state index in [0.29, 0.717) is 11.5 Å². The molecule has 1 aromatic carbocycles. The SMILES string of the molecule is COc1ccc(OC)c([C@@H](C)NC(=O)[C@@H]2CNC(=O)N2)c1. The van der Waals surface area contributed by atoms with Gasteiger partial charge in [-0.05, 0) is 25.1 Å². The Bertz CT molecular complexity index is 547. The summed E-state index contributed by atoms with van der Waals surface area (Å²) in [6, 6.07) is 4.22. The summed E-state index contributed by atoms with van der Waals surface area (Å²) in [7, 11) is 3.15. The number of benzene rings is 1. The summed E-state index contributed by atoms with van der Waals surface area (Å²) in [5.41, 5.74) is 0.808. The van der Waals surface area contributed by atoms with E-state index in [1.54, 1.807) is 26.4 Å². The molecule has 1 aromatic rings. The van der Waals surface area contributed by atoms with Crippen LogP contribution in [0.3, 0.4) is 0 Å². The van der Waals surface area contributed by atoms with E-state index < -0.39 is 6.04 Å². The van der Waals surface area contributed by atoms with Crippen LogP contribution in [0.4, 0.5) is 4.79 Å². The van der Waals surface area contributed by atoms with Gasteiger partial charge in [0.1, 0.15) is 17.5 Å². The van der Waals surface area contributed by atoms with Gasteiger partial charge in [-0.1, -0.05) is 0 Å². The average Bonchev–Trinajstić information content (AvgIpc) is 2.93. The second-order valence-electron chi connectivity index (χ2n) is 4.75. The smallest absolute Gasteiger partial charge is 0.315 e. The van der Waals surface area contributed by atoms with E-state index in [1.165, 1.54) is 0 Å². The van der Waals surface area contributed by atoms with Gasteiger partial charge in [-0.3, -0.25) is 4.79 Å². The van der Waals surface area contributed by atoms with Crippen LogP contribution < -0.4 is 25.4 Å². The zero-order valence-electron chi connectivity index (χ0n) is 12.2. The van der Waals surface area contributed by atoms with Gasteiger partial charge in [0.2, 0.25) is 5.91 Å². The maximum Gasteiger partial charge on any atom is 0.315 e. The lowest BCUT2D eigenvalue weighted by atomic mass is 10.1. The van der Waals surface area contributed by atoms with Crippen molar-refractivity contribution >= 4 is 11.9 Å². The van der Waals surface area contributed by atoms with Crippen LogP contribution in [0.25, 0.3) is 0 Å². The normalized spacial score (nSPS) is 18.4. The van der Waals surface area contributed by atoms with E-state index in [-0.39, 0.29) is 24.5 Å². The molecule has 7 heteroatoms. The molecule has 1 aliphatic heterocycles. The predicted molar refractivity (Wildman–Crippen MR) is 76.4 cm³/mol. The van der Waals surface area contributed by atoms with Gasteiger partial charge in [-0.25, -0.2) is 4.79 Å². The first-order valence-corrected chi connectivity index (χ1v) is 6.61. The molecule has 2 rings (SSSR count). The predicted octanol–water partition coefficient (Wildman–Crippen LogP) is 0.562. The first-order chi connectivity index (χ1) is 10.0. The number of rotatable bonds is 5. The van der Waals surface area contributed by atoms with Crippen molar-refractivity contribution in [3.8, 4) is 11.5 Å².